The highest BCUT2D eigenvalue weighted by Gasteiger charge is 2.09. The van der Waals surface area contributed by atoms with Gasteiger partial charge in [-0.25, -0.2) is 0 Å². The van der Waals surface area contributed by atoms with Crippen LogP contribution in [0.15, 0.2) is 0 Å². The van der Waals surface area contributed by atoms with Crippen LogP contribution in [0.5, 0.6) is 0 Å². The van der Waals surface area contributed by atoms with Crippen molar-refractivity contribution in [3.63, 3.8) is 0 Å². The van der Waals surface area contributed by atoms with Crippen LogP contribution < -0.4 is 0 Å². The second-order valence-electron chi connectivity index (χ2n) is 6.53. The highest BCUT2D eigenvalue weighted by atomic mass is 16.7. The maximum Gasteiger partial charge on any atom is 0.309 e. The minimum absolute atomic E-state index is 0.0219. The lowest BCUT2D eigenvalue weighted by Gasteiger charge is -2.06. The third-order valence-electron chi connectivity index (χ3n) is 3.76. The number of ether oxygens (including phenoxy) is 4. The van der Waals surface area contributed by atoms with E-state index >= 15 is 0 Å². The zero-order valence-electron chi connectivity index (χ0n) is 17.4. The van der Waals surface area contributed by atoms with Crippen molar-refractivity contribution in [3.05, 3.63) is 0 Å². The molecule has 0 saturated heterocycles. The second-order valence-corrected chi connectivity index (χ2v) is 6.53. The summed E-state index contributed by atoms with van der Waals surface area (Å²) in [6.45, 7) is 2.86. The lowest BCUT2D eigenvalue weighted by molar-refractivity contribution is -0.167. The lowest BCUT2D eigenvalue weighted by Crippen LogP contribution is -2.13. The topological polar surface area (TPSA) is 122 Å². The van der Waals surface area contributed by atoms with Gasteiger partial charge in [0.25, 0.3) is 0 Å². The summed E-state index contributed by atoms with van der Waals surface area (Å²) in [5.74, 6) is -2.01. The van der Waals surface area contributed by atoms with E-state index in [0.717, 1.165) is 38.5 Å². The first-order chi connectivity index (χ1) is 13.8. The van der Waals surface area contributed by atoms with Crippen molar-refractivity contribution in [3.8, 4) is 0 Å². The van der Waals surface area contributed by atoms with Crippen LogP contribution in [0, 0.1) is 0 Å². The van der Waals surface area contributed by atoms with E-state index in [1.807, 2.05) is 0 Å². The molecule has 0 aromatic heterocycles. The Kier molecular flexibility index (Phi) is 16.1. The number of carbonyl (C=O) groups is 5. The van der Waals surface area contributed by atoms with Gasteiger partial charge in [-0.3, -0.25) is 19.2 Å². The van der Waals surface area contributed by atoms with Crippen molar-refractivity contribution in [2.24, 2.45) is 0 Å². The molecule has 0 N–H and O–H groups in total. The van der Waals surface area contributed by atoms with Gasteiger partial charge in [0.15, 0.2) is 0 Å². The number of esters is 4. The van der Waals surface area contributed by atoms with Gasteiger partial charge in [0.2, 0.25) is 6.79 Å². The standard InChI is InChI=1S/C20H32O9/c1-16(21)9-10-18(23)26-13-7-5-3-4-6-8-14-27-19(24)11-12-20(25)29-15-28-17(2)22/h3-15H2,1-2H3. The van der Waals surface area contributed by atoms with Crippen molar-refractivity contribution in [2.75, 3.05) is 20.0 Å². The van der Waals surface area contributed by atoms with Crippen LogP contribution in [0.4, 0.5) is 0 Å². The number of ketones is 1. The van der Waals surface area contributed by atoms with Gasteiger partial charge in [-0.2, -0.15) is 0 Å². The molecule has 0 aromatic rings. The number of unbranched alkanes of at least 4 members (excludes halogenated alkanes) is 5. The molecule has 0 heterocycles. The van der Waals surface area contributed by atoms with Gasteiger partial charge in [-0.1, -0.05) is 25.7 Å². The minimum atomic E-state index is -0.632. The van der Waals surface area contributed by atoms with Gasteiger partial charge in [0, 0.05) is 13.3 Å². The van der Waals surface area contributed by atoms with Crippen LogP contribution in [0.25, 0.3) is 0 Å². The van der Waals surface area contributed by atoms with Crippen LogP contribution in [0.1, 0.15) is 78.1 Å². The molecule has 9 nitrogen and oxygen atoms in total. The molecule has 0 unspecified atom stereocenters. The largest absolute Gasteiger partial charge is 0.466 e. The van der Waals surface area contributed by atoms with Gasteiger partial charge in [-0.15, -0.1) is 0 Å². The van der Waals surface area contributed by atoms with Gasteiger partial charge in [0.1, 0.15) is 5.78 Å². The van der Waals surface area contributed by atoms with Crippen molar-refractivity contribution in [2.45, 2.75) is 78.1 Å². The molecule has 29 heavy (non-hydrogen) atoms. The van der Waals surface area contributed by atoms with E-state index in [1.165, 1.54) is 13.8 Å². The molecule has 166 valence electrons. The summed E-state index contributed by atoms with van der Waals surface area (Å²) in [4.78, 5) is 55.3. The molecular weight excluding hydrogens is 384 g/mol. The summed E-state index contributed by atoms with van der Waals surface area (Å²) in [6, 6.07) is 0. The van der Waals surface area contributed by atoms with Crippen molar-refractivity contribution < 1.29 is 42.9 Å². The maximum absolute atomic E-state index is 11.5. The summed E-state index contributed by atoms with van der Waals surface area (Å²) in [5.41, 5.74) is 0. The zero-order valence-corrected chi connectivity index (χ0v) is 17.4. The average Bonchev–Trinajstić information content (AvgIpc) is 2.65. The van der Waals surface area contributed by atoms with Gasteiger partial charge in [-0.05, 0) is 19.8 Å². The van der Waals surface area contributed by atoms with E-state index < -0.39 is 24.7 Å². The highest BCUT2D eigenvalue weighted by molar-refractivity contribution is 5.81. The minimum Gasteiger partial charge on any atom is -0.466 e. The molecule has 0 rings (SSSR count). The van der Waals surface area contributed by atoms with E-state index in [9.17, 15) is 24.0 Å². The van der Waals surface area contributed by atoms with Gasteiger partial charge >= 0.3 is 23.9 Å². The first-order valence-electron chi connectivity index (χ1n) is 9.91. The second kappa shape index (κ2) is 17.6. The zero-order chi connectivity index (χ0) is 21.9. The molecule has 0 aromatic carbocycles. The quantitative estimate of drug-likeness (QED) is 0.152. The molecule has 9 heteroatoms. The fraction of sp³-hybridized carbons (Fsp3) is 0.750. The molecule has 0 saturated carbocycles. The normalized spacial score (nSPS) is 10.1. The van der Waals surface area contributed by atoms with Crippen molar-refractivity contribution in [1.82, 2.24) is 0 Å². The average molecular weight is 416 g/mol. The Morgan fingerprint density at radius 3 is 1.38 bits per heavy atom. The molecule has 0 radical (unpaired) electrons. The molecule has 0 bridgehead atoms. The maximum atomic E-state index is 11.5. The number of rotatable bonds is 17. The predicted molar refractivity (Wildman–Crippen MR) is 101 cm³/mol. The van der Waals surface area contributed by atoms with Gasteiger partial charge < -0.3 is 23.7 Å². The van der Waals surface area contributed by atoms with Crippen LogP contribution >= 0.6 is 0 Å². The third-order valence-corrected chi connectivity index (χ3v) is 3.76. The van der Waals surface area contributed by atoms with Crippen LogP contribution in [-0.2, 0) is 42.9 Å². The fourth-order valence-corrected chi connectivity index (χ4v) is 2.16. The summed E-state index contributed by atoms with van der Waals surface area (Å²) in [5, 5.41) is 0. The Morgan fingerprint density at radius 2 is 0.931 bits per heavy atom. The van der Waals surface area contributed by atoms with Crippen LogP contribution in [-0.4, -0.2) is 49.7 Å². The number of carbonyl (C=O) groups excluding carboxylic acids is 5. The summed E-state index contributed by atoms with van der Waals surface area (Å²) >= 11 is 0. The number of hydrogen-bond acceptors (Lipinski definition) is 9. The van der Waals surface area contributed by atoms with E-state index in [-0.39, 0.29) is 37.4 Å². The van der Waals surface area contributed by atoms with E-state index in [0.29, 0.717) is 13.2 Å². The fourth-order valence-electron chi connectivity index (χ4n) is 2.16. The number of hydrogen-bond donors (Lipinski definition) is 0. The summed E-state index contributed by atoms with van der Waals surface area (Å²) in [6.07, 6.45) is 5.52. The van der Waals surface area contributed by atoms with Crippen molar-refractivity contribution >= 4 is 29.7 Å². The Morgan fingerprint density at radius 1 is 0.517 bits per heavy atom. The Labute approximate surface area is 171 Å². The lowest BCUT2D eigenvalue weighted by atomic mass is 10.1. The Hall–Kier alpha value is -2.45. The Bertz CT molecular complexity index is 528. The molecule has 0 aliphatic carbocycles. The van der Waals surface area contributed by atoms with Gasteiger partial charge in [0.05, 0.1) is 32.5 Å². The molecule has 0 fully saturated rings. The molecule has 0 spiro atoms. The van der Waals surface area contributed by atoms with Crippen LogP contribution in [0.2, 0.25) is 0 Å². The molecule has 0 atom stereocenters. The van der Waals surface area contributed by atoms with Crippen LogP contribution in [0.3, 0.4) is 0 Å². The number of Topliss-reactive ketones (excluding diaryl/α,β-unsaturated/α-hetero) is 1. The molecule has 0 aliphatic heterocycles. The van der Waals surface area contributed by atoms with E-state index in [1.54, 1.807) is 0 Å². The van der Waals surface area contributed by atoms with E-state index in [4.69, 9.17) is 9.47 Å². The van der Waals surface area contributed by atoms with E-state index in [2.05, 4.69) is 9.47 Å². The third kappa shape index (κ3) is 20.1. The highest BCUT2D eigenvalue weighted by Crippen LogP contribution is 2.07. The monoisotopic (exact) mass is 416 g/mol. The Balaban J connectivity index is 3.40. The van der Waals surface area contributed by atoms with Crippen molar-refractivity contribution in [1.29, 1.82) is 0 Å². The molecule has 0 aliphatic rings. The summed E-state index contributed by atoms with van der Waals surface area (Å²) in [7, 11) is 0. The first kappa shape index (κ1) is 26.6. The first-order valence-corrected chi connectivity index (χ1v) is 9.91. The summed E-state index contributed by atoms with van der Waals surface area (Å²) < 4.78 is 19.1. The molecule has 0 amide bonds. The predicted octanol–water partition coefficient (Wildman–Crippen LogP) is 2.63. The SMILES string of the molecule is CC(=O)CCC(=O)OCCCCCCCCOC(=O)CCC(=O)OCOC(C)=O. The molecular formula is C20H32O9. The smallest absolute Gasteiger partial charge is 0.309 e.